The van der Waals surface area contributed by atoms with Gasteiger partial charge in [0, 0.05) is 5.92 Å². The van der Waals surface area contributed by atoms with Crippen LogP contribution in [-0.4, -0.2) is 35.0 Å². The largest absolute Gasteiger partial charge is 0.481 e. The van der Waals surface area contributed by atoms with Crippen LogP contribution >= 0.6 is 7.60 Å². The Morgan fingerprint density at radius 1 is 0.875 bits per heavy atom. The molecule has 1 N–H and O–H groups in total. The molecule has 1 aliphatic carbocycles. The van der Waals surface area contributed by atoms with Crippen molar-refractivity contribution in [2.24, 2.45) is 17.8 Å². The zero-order chi connectivity index (χ0) is 35.1. The van der Waals surface area contributed by atoms with Crippen molar-refractivity contribution < 1.29 is 37.9 Å². The number of carboxylic acids is 1. The quantitative estimate of drug-likeness (QED) is 0.0886. The summed E-state index contributed by atoms with van der Waals surface area (Å²) in [7, 11) is -4.71. The number of rotatable bonds is 19. The fourth-order valence-corrected chi connectivity index (χ4v) is 7.57. The zero-order valence-corrected chi connectivity index (χ0v) is 29.7. The number of Topliss-reactive ketones (excluding diaryl/α,β-unsaturated/α-hetero) is 1. The van der Waals surface area contributed by atoms with Crippen LogP contribution in [0.4, 0.5) is 0 Å². The Kier molecular flexibility index (Phi) is 15.5. The minimum absolute atomic E-state index is 0.0814. The predicted octanol–water partition coefficient (Wildman–Crippen LogP) is 9.32. The molecule has 3 atom stereocenters. The molecule has 9 heteroatoms. The fraction of sp³-hybridized carbons (Fsp3) is 0.487. The van der Waals surface area contributed by atoms with Gasteiger partial charge in [0.05, 0.1) is 5.56 Å². The van der Waals surface area contributed by atoms with Gasteiger partial charge in [0.1, 0.15) is 11.9 Å². The lowest BCUT2D eigenvalue weighted by Crippen LogP contribution is -2.32. The van der Waals surface area contributed by atoms with Crippen LogP contribution in [0.5, 0.6) is 0 Å². The number of aryl methyl sites for hydroxylation is 2. The van der Waals surface area contributed by atoms with E-state index in [2.05, 4.69) is 38.1 Å². The Hall–Kier alpha value is -3.77. The maximum atomic E-state index is 14.0. The summed E-state index contributed by atoms with van der Waals surface area (Å²) in [4.78, 5) is 51.8. The van der Waals surface area contributed by atoms with E-state index in [0.29, 0.717) is 25.7 Å². The van der Waals surface area contributed by atoms with Crippen molar-refractivity contribution >= 4 is 31.3 Å². The second-order valence-corrected chi connectivity index (χ2v) is 15.2. The van der Waals surface area contributed by atoms with E-state index >= 15 is 0 Å². The number of carboxylic acid groups (broad SMARTS) is 1. The number of carbonyl (C=O) groups is 4. The molecule has 0 saturated heterocycles. The molecule has 0 spiro atoms. The van der Waals surface area contributed by atoms with E-state index in [-0.39, 0.29) is 5.56 Å². The molecule has 1 fully saturated rings. The number of hydrogen-bond donors (Lipinski definition) is 1. The molecule has 0 amide bonds. The van der Waals surface area contributed by atoms with Gasteiger partial charge < -0.3 is 14.2 Å². The van der Waals surface area contributed by atoms with Gasteiger partial charge in [-0.25, -0.2) is 9.36 Å². The van der Waals surface area contributed by atoms with E-state index < -0.39 is 55.2 Å². The highest BCUT2D eigenvalue weighted by molar-refractivity contribution is 7.56. The highest BCUT2D eigenvalue weighted by Gasteiger charge is 2.44. The smallest absolute Gasteiger partial charge is 0.442 e. The normalized spacial score (nSPS) is 16.0. The predicted molar refractivity (Wildman–Crippen MR) is 188 cm³/mol. The summed E-state index contributed by atoms with van der Waals surface area (Å²) in [5.41, 5.74) is 4.79. The van der Waals surface area contributed by atoms with Crippen LogP contribution in [0.2, 0.25) is 0 Å². The fourth-order valence-electron chi connectivity index (χ4n) is 5.97. The zero-order valence-electron chi connectivity index (χ0n) is 28.8. The molecule has 0 bridgehead atoms. The van der Waals surface area contributed by atoms with Gasteiger partial charge in [0.25, 0.3) is 0 Å². The third-order valence-electron chi connectivity index (χ3n) is 8.89. The summed E-state index contributed by atoms with van der Waals surface area (Å²) in [5.74, 6) is -6.72. The van der Waals surface area contributed by atoms with Gasteiger partial charge in [-0.3, -0.25) is 14.4 Å². The van der Waals surface area contributed by atoms with Gasteiger partial charge >= 0.3 is 25.5 Å². The SMILES string of the molecule is CC(C)=CCCC(C)=CCCC(C)C(=O)CP(=O)(OC(=O)c1ccc(CCCc2ccccc2)cc1)OC(=O)C(C(=O)O)C1CCCC1. The van der Waals surface area contributed by atoms with Crippen LogP contribution in [-0.2, 0) is 40.8 Å². The lowest BCUT2D eigenvalue weighted by Gasteiger charge is -2.23. The van der Waals surface area contributed by atoms with E-state index in [9.17, 15) is 28.8 Å². The lowest BCUT2D eigenvalue weighted by molar-refractivity contribution is -0.155. The first-order valence-corrected chi connectivity index (χ1v) is 18.8. The van der Waals surface area contributed by atoms with Gasteiger partial charge in [-0.1, -0.05) is 85.5 Å². The Bertz CT molecular complexity index is 1480. The number of benzene rings is 2. The van der Waals surface area contributed by atoms with Crippen LogP contribution < -0.4 is 0 Å². The first-order chi connectivity index (χ1) is 22.9. The van der Waals surface area contributed by atoms with Crippen molar-refractivity contribution in [1.29, 1.82) is 0 Å². The first-order valence-electron chi connectivity index (χ1n) is 17.1. The molecule has 0 heterocycles. The number of carbonyl (C=O) groups excluding carboxylic acids is 3. The standard InChI is InChI=1S/C39H51O8P/c1-28(2)13-10-14-29(3)15-11-16-30(4)35(40)27-48(45,47-39(44)36(37(41)42)33-21-8-9-22-33)46-38(43)34-25-23-32(24-26-34)20-12-19-31-17-6-5-7-18-31/h5-7,13,15,17-18,23-26,30,33,36H,8-12,14,16,19-22,27H2,1-4H3,(H,41,42). The van der Waals surface area contributed by atoms with Gasteiger partial charge in [0.2, 0.25) is 0 Å². The minimum Gasteiger partial charge on any atom is -0.481 e. The van der Waals surface area contributed by atoms with Crippen molar-refractivity contribution in [3.05, 3.63) is 94.6 Å². The second-order valence-electron chi connectivity index (χ2n) is 13.3. The van der Waals surface area contributed by atoms with Crippen molar-refractivity contribution in [3.8, 4) is 0 Å². The molecule has 3 rings (SSSR count). The van der Waals surface area contributed by atoms with Gasteiger partial charge in [-0.05, 0) is 108 Å². The van der Waals surface area contributed by atoms with Gasteiger partial charge in [-0.15, -0.1) is 0 Å². The van der Waals surface area contributed by atoms with Crippen LogP contribution in [0, 0.1) is 17.8 Å². The van der Waals surface area contributed by atoms with E-state index in [1.54, 1.807) is 31.2 Å². The molecular formula is C39H51O8P. The van der Waals surface area contributed by atoms with Crippen LogP contribution in [0.15, 0.2) is 77.9 Å². The Morgan fingerprint density at radius 2 is 1.50 bits per heavy atom. The Balaban J connectivity index is 1.69. The molecule has 2 aromatic carbocycles. The molecule has 0 aliphatic heterocycles. The lowest BCUT2D eigenvalue weighted by atomic mass is 9.91. The van der Waals surface area contributed by atoms with Crippen molar-refractivity contribution in [1.82, 2.24) is 0 Å². The first kappa shape index (κ1) is 38.7. The van der Waals surface area contributed by atoms with Gasteiger partial charge in [-0.2, -0.15) is 0 Å². The number of hydrogen-bond acceptors (Lipinski definition) is 7. The summed E-state index contributed by atoms with van der Waals surface area (Å²) >= 11 is 0. The molecule has 48 heavy (non-hydrogen) atoms. The van der Waals surface area contributed by atoms with Crippen LogP contribution in [0.1, 0.15) is 107 Å². The molecule has 1 saturated carbocycles. The van der Waals surface area contributed by atoms with E-state index in [1.165, 1.54) is 16.7 Å². The maximum Gasteiger partial charge on any atom is 0.442 e. The van der Waals surface area contributed by atoms with Gasteiger partial charge in [0.15, 0.2) is 5.92 Å². The van der Waals surface area contributed by atoms with Crippen molar-refractivity contribution in [3.63, 3.8) is 0 Å². The van der Waals surface area contributed by atoms with Crippen molar-refractivity contribution in [2.45, 2.75) is 98.3 Å². The Labute approximate surface area is 285 Å². The van der Waals surface area contributed by atoms with E-state index in [0.717, 1.165) is 50.5 Å². The summed E-state index contributed by atoms with van der Waals surface area (Å²) in [6, 6.07) is 16.8. The van der Waals surface area contributed by atoms with E-state index in [4.69, 9.17) is 9.05 Å². The highest BCUT2D eigenvalue weighted by atomic mass is 31.2. The third-order valence-corrected chi connectivity index (χ3v) is 10.5. The maximum absolute atomic E-state index is 14.0. The average Bonchev–Trinajstić information content (AvgIpc) is 3.55. The number of ketones is 1. The minimum atomic E-state index is -4.71. The van der Waals surface area contributed by atoms with Crippen LogP contribution in [0.3, 0.4) is 0 Å². The number of aliphatic carboxylic acids is 1. The molecule has 3 unspecified atom stereocenters. The molecule has 2 aromatic rings. The van der Waals surface area contributed by atoms with Crippen molar-refractivity contribution in [2.75, 3.05) is 6.16 Å². The molecular weight excluding hydrogens is 627 g/mol. The summed E-state index contributed by atoms with van der Waals surface area (Å²) in [6.45, 7) is 7.85. The monoisotopic (exact) mass is 678 g/mol. The topological polar surface area (TPSA) is 124 Å². The summed E-state index contributed by atoms with van der Waals surface area (Å²) < 4.78 is 24.6. The highest BCUT2D eigenvalue weighted by Crippen LogP contribution is 2.51. The second kappa shape index (κ2) is 19.3. The van der Waals surface area contributed by atoms with E-state index in [1.807, 2.05) is 25.1 Å². The molecule has 8 nitrogen and oxygen atoms in total. The molecule has 0 radical (unpaired) electrons. The average molecular weight is 679 g/mol. The van der Waals surface area contributed by atoms with Crippen LogP contribution in [0.25, 0.3) is 0 Å². The summed E-state index contributed by atoms with van der Waals surface area (Å²) in [5, 5.41) is 9.83. The molecule has 260 valence electrons. The molecule has 1 aliphatic rings. The molecule has 0 aromatic heterocycles. The third kappa shape index (κ3) is 13.0. The Morgan fingerprint density at radius 3 is 2.10 bits per heavy atom. The summed E-state index contributed by atoms with van der Waals surface area (Å²) in [6.07, 6.45) is 11.6. The number of allylic oxidation sites excluding steroid dienone is 4.